The van der Waals surface area contributed by atoms with E-state index in [1.807, 2.05) is 0 Å². The van der Waals surface area contributed by atoms with E-state index in [2.05, 4.69) is 96.6 Å². The van der Waals surface area contributed by atoms with Gasteiger partial charge in [-0.1, -0.05) is 61.5 Å². The van der Waals surface area contributed by atoms with E-state index in [0.717, 1.165) is 22.4 Å². The van der Waals surface area contributed by atoms with Gasteiger partial charge in [0.05, 0.1) is 14.9 Å². The maximum absolute atomic E-state index is 9.83. The summed E-state index contributed by atoms with van der Waals surface area (Å²) in [5.41, 5.74) is 4.44. The first-order valence-corrected chi connectivity index (χ1v) is 11.8. The zero-order valence-electron chi connectivity index (χ0n) is 17.4. The van der Waals surface area contributed by atoms with Gasteiger partial charge in [0.25, 0.3) is 0 Å². The van der Waals surface area contributed by atoms with Crippen molar-refractivity contribution < 1.29 is 0 Å². The zero-order valence-corrected chi connectivity index (χ0v) is 18.4. The van der Waals surface area contributed by atoms with Crippen LogP contribution in [0.5, 0.6) is 0 Å². The average Bonchev–Trinajstić information content (AvgIpc) is 2.78. The fourth-order valence-corrected chi connectivity index (χ4v) is 6.71. The summed E-state index contributed by atoms with van der Waals surface area (Å²) in [6.07, 6.45) is 10.6. The number of benzene rings is 2. The molecule has 4 atom stereocenters. The Morgan fingerprint density at radius 3 is 2.70 bits per heavy atom. The van der Waals surface area contributed by atoms with Crippen molar-refractivity contribution in [2.24, 2.45) is 10.9 Å². The minimum atomic E-state index is -0.416. The Morgan fingerprint density at radius 1 is 1.10 bits per heavy atom. The number of anilines is 2. The van der Waals surface area contributed by atoms with Gasteiger partial charge in [-0.3, -0.25) is 0 Å². The molecule has 2 heterocycles. The van der Waals surface area contributed by atoms with Gasteiger partial charge in [-0.25, -0.2) is 4.99 Å². The molecule has 30 heavy (non-hydrogen) atoms. The molecule has 2 aliphatic heterocycles. The molecule has 0 bridgehead atoms. The van der Waals surface area contributed by atoms with Crippen LogP contribution in [0.1, 0.15) is 32.3 Å². The first-order valence-electron chi connectivity index (χ1n) is 10.7. The highest BCUT2D eigenvalue weighted by Crippen LogP contribution is 2.46. The second-order valence-electron chi connectivity index (χ2n) is 8.75. The number of hydrogen-bond acceptors (Lipinski definition) is 3. The van der Waals surface area contributed by atoms with Gasteiger partial charge < -0.3 is 4.90 Å². The Bertz CT molecular complexity index is 1110. The lowest BCUT2D eigenvalue weighted by molar-refractivity contribution is 0.496. The van der Waals surface area contributed by atoms with Crippen molar-refractivity contribution in [1.82, 2.24) is 0 Å². The normalized spacial score (nSPS) is 29.6. The van der Waals surface area contributed by atoms with Crippen LogP contribution < -0.4 is 10.1 Å². The molecule has 0 spiro atoms. The van der Waals surface area contributed by atoms with Crippen LogP contribution in [0.2, 0.25) is 5.54 Å². The molecule has 2 aromatic rings. The van der Waals surface area contributed by atoms with Crippen molar-refractivity contribution in [3.8, 4) is 6.07 Å². The zero-order chi connectivity index (χ0) is 20.7. The van der Waals surface area contributed by atoms with Gasteiger partial charge in [-0.15, -0.1) is 0 Å². The maximum atomic E-state index is 9.83. The summed E-state index contributed by atoms with van der Waals surface area (Å²) in [5, 5.41) is 11.3. The number of allylic oxidation sites excluding steroid dienone is 2. The van der Waals surface area contributed by atoms with E-state index in [0.29, 0.717) is 23.2 Å². The molecule has 2 radical (unpaired) electrons. The van der Waals surface area contributed by atoms with Gasteiger partial charge in [0.2, 0.25) is 0 Å². The number of nitriles is 1. The van der Waals surface area contributed by atoms with E-state index < -0.39 is 5.41 Å². The van der Waals surface area contributed by atoms with Crippen LogP contribution in [-0.4, -0.2) is 21.3 Å². The van der Waals surface area contributed by atoms with Crippen molar-refractivity contribution >= 4 is 31.8 Å². The highest BCUT2D eigenvalue weighted by Gasteiger charge is 2.41. The third-order valence-electron chi connectivity index (χ3n) is 6.71. The summed E-state index contributed by atoms with van der Waals surface area (Å²) in [6.45, 7) is 4.48. The number of hydrogen-bond donors (Lipinski definition) is 0. The maximum Gasteiger partial charge on any atom is 0.128 e. The van der Waals surface area contributed by atoms with Gasteiger partial charge in [0, 0.05) is 23.6 Å². The molecule has 0 amide bonds. The van der Waals surface area contributed by atoms with Crippen molar-refractivity contribution in [2.75, 3.05) is 4.90 Å². The molecule has 0 aromatic heterocycles. The average molecular weight is 408 g/mol. The molecule has 4 heteroatoms. The van der Waals surface area contributed by atoms with Gasteiger partial charge in [-0.2, -0.15) is 5.26 Å². The third kappa shape index (κ3) is 2.97. The second-order valence-corrected chi connectivity index (χ2v) is 10.2. The molecule has 3 aliphatic rings. The number of nitrogens with zero attached hydrogens (tertiary/aromatic N) is 3. The predicted octanol–water partition coefficient (Wildman–Crippen LogP) is 5.06. The highest BCUT2D eigenvalue weighted by atomic mass is 28.2. The lowest BCUT2D eigenvalue weighted by Gasteiger charge is -2.47. The molecular formula is C26H25N3Si. The minimum Gasteiger partial charge on any atom is -0.338 e. The Hall–Kier alpha value is -2.90. The van der Waals surface area contributed by atoms with E-state index in [4.69, 9.17) is 0 Å². The Balaban J connectivity index is 1.71. The van der Waals surface area contributed by atoms with E-state index >= 15 is 0 Å². The standard InChI is InChI=1S/C26H25N3Si/c1-18-12-13-24-22(16-18)29(21-10-5-6-11-23(21)30-24)20-9-4-3-8-19(20)26(2)14-7-15-28-25(26)17-27/h3-13,15,18,22,24H,14,16H2,1-2H3. The first-order chi connectivity index (χ1) is 14.6. The molecule has 1 aliphatic carbocycles. The summed E-state index contributed by atoms with van der Waals surface area (Å²) >= 11 is 0. The number of para-hydroxylation sites is 2. The minimum absolute atomic E-state index is 0.416. The van der Waals surface area contributed by atoms with Crippen LogP contribution in [0, 0.1) is 17.2 Å². The summed E-state index contributed by atoms with van der Waals surface area (Å²) in [4.78, 5) is 7.02. The SMILES string of the molecule is CC1C=CC2[Si]c3ccccc3N(c3ccccc3C3(C)CC=CN=C3C#N)C2C1. The number of rotatable bonds is 2. The molecule has 0 saturated heterocycles. The number of fused-ring (bicyclic) bond motifs is 2. The van der Waals surface area contributed by atoms with Crippen molar-refractivity contribution in [3.63, 3.8) is 0 Å². The summed E-state index contributed by atoms with van der Waals surface area (Å²) in [5.74, 6) is 0.570. The van der Waals surface area contributed by atoms with Crippen LogP contribution in [0.4, 0.5) is 11.4 Å². The third-order valence-corrected chi connectivity index (χ3v) is 8.36. The molecule has 5 rings (SSSR count). The fourth-order valence-electron chi connectivity index (χ4n) is 5.12. The smallest absolute Gasteiger partial charge is 0.128 e. The lowest BCUT2D eigenvalue weighted by Crippen LogP contribution is -2.49. The van der Waals surface area contributed by atoms with E-state index in [1.54, 1.807) is 6.20 Å². The van der Waals surface area contributed by atoms with Crippen LogP contribution in [0.3, 0.4) is 0 Å². The second kappa shape index (κ2) is 7.41. The Kier molecular flexibility index (Phi) is 4.71. The molecule has 148 valence electrons. The number of aliphatic imine (C=N–C) groups is 1. The monoisotopic (exact) mass is 407 g/mol. The molecule has 4 unspecified atom stereocenters. The fraction of sp³-hybridized carbons (Fsp3) is 0.308. The summed E-state index contributed by atoms with van der Waals surface area (Å²) in [6, 6.07) is 20.3. The topological polar surface area (TPSA) is 39.4 Å². The molecule has 0 fully saturated rings. The molecular weight excluding hydrogens is 382 g/mol. The van der Waals surface area contributed by atoms with Crippen LogP contribution in [0.15, 0.2) is 78.0 Å². The first kappa shape index (κ1) is 19.1. The molecule has 3 nitrogen and oxygen atoms in total. The van der Waals surface area contributed by atoms with Gasteiger partial charge in [0.15, 0.2) is 0 Å². The van der Waals surface area contributed by atoms with Crippen molar-refractivity contribution in [1.29, 1.82) is 5.26 Å². The Morgan fingerprint density at radius 2 is 1.87 bits per heavy atom. The van der Waals surface area contributed by atoms with E-state index in [9.17, 15) is 5.26 Å². The van der Waals surface area contributed by atoms with E-state index in [1.165, 1.54) is 22.1 Å². The van der Waals surface area contributed by atoms with Crippen molar-refractivity contribution in [2.45, 2.75) is 43.7 Å². The van der Waals surface area contributed by atoms with Crippen molar-refractivity contribution in [3.05, 3.63) is 78.5 Å². The summed E-state index contributed by atoms with van der Waals surface area (Å²) in [7, 11) is 0.797. The molecule has 2 aromatic carbocycles. The molecule has 0 saturated carbocycles. The highest BCUT2D eigenvalue weighted by molar-refractivity contribution is 6.59. The quantitative estimate of drug-likeness (QED) is 0.516. The predicted molar refractivity (Wildman–Crippen MR) is 125 cm³/mol. The van der Waals surface area contributed by atoms with Crippen LogP contribution in [-0.2, 0) is 5.41 Å². The van der Waals surface area contributed by atoms with E-state index in [-0.39, 0.29) is 0 Å². The van der Waals surface area contributed by atoms with Crippen LogP contribution in [0.25, 0.3) is 0 Å². The lowest BCUT2D eigenvalue weighted by atomic mass is 9.73. The molecule has 0 N–H and O–H groups in total. The largest absolute Gasteiger partial charge is 0.338 e. The van der Waals surface area contributed by atoms with Gasteiger partial charge in [-0.05, 0) is 54.1 Å². The van der Waals surface area contributed by atoms with Gasteiger partial charge >= 0.3 is 0 Å². The van der Waals surface area contributed by atoms with Gasteiger partial charge in [0.1, 0.15) is 11.8 Å². The summed E-state index contributed by atoms with van der Waals surface area (Å²) < 4.78 is 0. The van der Waals surface area contributed by atoms with Crippen LogP contribution >= 0.6 is 0 Å². The Labute approximate surface area is 181 Å².